The lowest BCUT2D eigenvalue weighted by Crippen LogP contribution is -2.41. The number of rotatable bonds is 26. The van der Waals surface area contributed by atoms with Crippen molar-refractivity contribution < 1.29 is 29.3 Å². The van der Waals surface area contributed by atoms with Crippen LogP contribution in [0.4, 0.5) is 0 Å². The van der Waals surface area contributed by atoms with Crippen LogP contribution in [0.25, 0.3) is 0 Å². The molecule has 0 spiro atoms. The zero-order chi connectivity index (χ0) is 26.2. The minimum Gasteiger partial charge on any atom is -0.481 e. The summed E-state index contributed by atoms with van der Waals surface area (Å²) in [6, 6.07) is -0.889. The van der Waals surface area contributed by atoms with Gasteiger partial charge in [0.1, 0.15) is 6.04 Å². The number of amides is 1. The highest BCUT2D eigenvalue weighted by atomic mass is 16.5. The molecule has 0 aliphatic heterocycles. The van der Waals surface area contributed by atoms with Gasteiger partial charge in [0, 0.05) is 32.2 Å². The molecule has 1 atom stereocenters. The molecule has 0 saturated carbocycles. The Bertz CT molecular complexity index is 582. The van der Waals surface area contributed by atoms with Gasteiger partial charge < -0.3 is 25.6 Å². The second-order valence-corrected chi connectivity index (χ2v) is 9.36. The number of ether oxygens (including phenoxy) is 1. The van der Waals surface area contributed by atoms with Crippen molar-refractivity contribution in [2.45, 2.75) is 122 Å². The van der Waals surface area contributed by atoms with Crippen molar-refractivity contribution in [3.63, 3.8) is 0 Å². The van der Waals surface area contributed by atoms with Crippen LogP contribution in [0.2, 0.25) is 0 Å². The summed E-state index contributed by atoms with van der Waals surface area (Å²) in [6.45, 7) is 5.05. The molecule has 0 radical (unpaired) electrons. The van der Waals surface area contributed by atoms with Gasteiger partial charge >= 0.3 is 11.9 Å². The lowest BCUT2D eigenvalue weighted by molar-refractivity contribution is -0.142. The van der Waals surface area contributed by atoms with Gasteiger partial charge in [-0.2, -0.15) is 0 Å². The highest BCUT2D eigenvalue weighted by Gasteiger charge is 2.19. The molecule has 0 rings (SSSR count). The van der Waals surface area contributed by atoms with Gasteiger partial charge in [-0.25, -0.2) is 4.79 Å². The summed E-state index contributed by atoms with van der Waals surface area (Å²) in [5.74, 6) is -1.91. The summed E-state index contributed by atoms with van der Waals surface area (Å²) in [4.78, 5) is 34.0. The maximum Gasteiger partial charge on any atom is 0.326 e. The third-order valence-electron chi connectivity index (χ3n) is 6.09. The minimum atomic E-state index is -1.02. The Balaban J connectivity index is 3.58. The van der Waals surface area contributed by atoms with Gasteiger partial charge in [0.15, 0.2) is 0 Å². The molecule has 0 aliphatic rings. The lowest BCUT2D eigenvalue weighted by Gasteiger charge is -2.16. The number of carboxylic acids is 2. The first-order valence-corrected chi connectivity index (χ1v) is 13.5. The molecule has 4 N–H and O–H groups in total. The van der Waals surface area contributed by atoms with Crippen LogP contribution in [-0.2, 0) is 19.1 Å². The topological polar surface area (TPSA) is 125 Å². The van der Waals surface area contributed by atoms with E-state index in [0.29, 0.717) is 38.8 Å². The molecule has 35 heavy (non-hydrogen) atoms. The number of unbranched alkanes of at least 4 members (excludes halogenated alkanes) is 13. The Morgan fingerprint density at radius 2 is 1.20 bits per heavy atom. The Kier molecular flexibility index (Phi) is 22.2. The Labute approximate surface area is 212 Å². The largest absolute Gasteiger partial charge is 0.481 e. The summed E-state index contributed by atoms with van der Waals surface area (Å²) in [5, 5.41) is 23.7. The third-order valence-corrected chi connectivity index (χ3v) is 6.09. The fourth-order valence-electron chi connectivity index (χ4n) is 3.94. The van der Waals surface area contributed by atoms with Gasteiger partial charge in [-0.1, -0.05) is 83.6 Å². The summed E-state index contributed by atoms with van der Waals surface area (Å²) < 4.78 is 4.95. The van der Waals surface area contributed by atoms with Crippen molar-refractivity contribution in [2.24, 2.45) is 0 Å². The molecule has 1 amide bonds. The van der Waals surface area contributed by atoms with Crippen molar-refractivity contribution in [3.05, 3.63) is 12.3 Å². The number of carbonyl (C=O) groups is 3. The van der Waals surface area contributed by atoms with Crippen LogP contribution < -0.4 is 10.6 Å². The van der Waals surface area contributed by atoms with E-state index < -0.39 is 18.0 Å². The fourth-order valence-corrected chi connectivity index (χ4v) is 3.94. The molecular formula is C27H50N2O6. The zero-order valence-electron chi connectivity index (χ0n) is 22.0. The smallest absolute Gasteiger partial charge is 0.326 e. The molecule has 1 unspecified atom stereocenters. The molecular weight excluding hydrogens is 448 g/mol. The summed E-state index contributed by atoms with van der Waals surface area (Å²) in [7, 11) is 1.61. The van der Waals surface area contributed by atoms with Crippen LogP contribution in [0.5, 0.6) is 0 Å². The Morgan fingerprint density at radius 1 is 0.743 bits per heavy atom. The van der Waals surface area contributed by atoms with Crippen molar-refractivity contribution in [1.29, 1.82) is 0 Å². The summed E-state index contributed by atoms with van der Waals surface area (Å²) >= 11 is 0. The molecule has 204 valence electrons. The van der Waals surface area contributed by atoms with E-state index >= 15 is 0 Å². The number of allylic oxidation sites excluding steroid dienone is 1. The van der Waals surface area contributed by atoms with Gasteiger partial charge in [-0.05, 0) is 25.7 Å². The monoisotopic (exact) mass is 498 g/mol. The summed E-state index contributed by atoms with van der Waals surface area (Å²) in [6.07, 6.45) is 17.3. The Morgan fingerprint density at radius 3 is 1.63 bits per heavy atom. The molecule has 0 bridgehead atoms. The molecule has 0 aromatic heterocycles. The van der Waals surface area contributed by atoms with Gasteiger partial charge in [-0.3, -0.25) is 9.59 Å². The van der Waals surface area contributed by atoms with E-state index in [9.17, 15) is 19.5 Å². The minimum absolute atomic E-state index is 0.197. The predicted octanol–water partition coefficient (Wildman–Crippen LogP) is 5.41. The number of carboxylic acid groups (broad SMARTS) is 2. The molecule has 0 aliphatic carbocycles. The molecule has 0 heterocycles. The van der Waals surface area contributed by atoms with Crippen LogP contribution in [0.15, 0.2) is 12.3 Å². The second kappa shape index (κ2) is 23.6. The number of aliphatic carboxylic acids is 2. The SMILES string of the molecule is C=C(CCC(NC(=O)CCCCCCCCCCCCCCCCC(=O)O)C(=O)O)NCCOC. The maximum atomic E-state index is 12.1. The first-order valence-electron chi connectivity index (χ1n) is 13.5. The van der Waals surface area contributed by atoms with E-state index in [1.807, 2.05) is 0 Å². The van der Waals surface area contributed by atoms with Crippen LogP contribution in [0.3, 0.4) is 0 Å². The first-order chi connectivity index (χ1) is 16.9. The normalized spacial score (nSPS) is 11.7. The van der Waals surface area contributed by atoms with Crippen LogP contribution in [-0.4, -0.2) is 54.4 Å². The number of hydrogen-bond acceptors (Lipinski definition) is 5. The average molecular weight is 499 g/mol. The summed E-state index contributed by atoms with van der Waals surface area (Å²) in [5.41, 5.74) is 0.743. The highest BCUT2D eigenvalue weighted by Crippen LogP contribution is 2.14. The number of nitrogens with one attached hydrogen (secondary N) is 2. The van der Waals surface area contributed by atoms with Crippen molar-refractivity contribution in [2.75, 3.05) is 20.3 Å². The van der Waals surface area contributed by atoms with Crippen molar-refractivity contribution >= 4 is 17.8 Å². The van der Waals surface area contributed by atoms with E-state index in [-0.39, 0.29) is 5.91 Å². The zero-order valence-corrected chi connectivity index (χ0v) is 22.0. The van der Waals surface area contributed by atoms with Gasteiger partial charge in [0.2, 0.25) is 5.91 Å². The van der Waals surface area contributed by atoms with Crippen LogP contribution in [0, 0.1) is 0 Å². The molecule has 0 aromatic carbocycles. The lowest BCUT2D eigenvalue weighted by atomic mass is 10.0. The molecule has 8 heteroatoms. The van der Waals surface area contributed by atoms with Gasteiger partial charge in [0.25, 0.3) is 0 Å². The van der Waals surface area contributed by atoms with Gasteiger partial charge in [-0.15, -0.1) is 0 Å². The number of carbonyl (C=O) groups excluding carboxylic acids is 1. The molecule has 0 aromatic rings. The van der Waals surface area contributed by atoms with Crippen LogP contribution in [0.1, 0.15) is 116 Å². The van der Waals surface area contributed by atoms with E-state index in [4.69, 9.17) is 9.84 Å². The third kappa shape index (κ3) is 23.4. The molecule has 0 saturated heterocycles. The fraction of sp³-hybridized carbons (Fsp3) is 0.815. The van der Waals surface area contributed by atoms with Crippen molar-refractivity contribution in [1.82, 2.24) is 10.6 Å². The number of methoxy groups -OCH3 is 1. The standard InChI is InChI=1S/C27H50N2O6/c1-23(28-21-22-35-2)19-20-24(27(33)34)29-25(30)17-15-13-11-9-7-5-3-4-6-8-10-12-14-16-18-26(31)32/h24,28H,1,3-22H2,2H3,(H,29,30)(H,31,32)(H,33,34). The predicted molar refractivity (Wildman–Crippen MR) is 139 cm³/mol. The molecule has 8 nitrogen and oxygen atoms in total. The van der Waals surface area contributed by atoms with Gasteiger partial charge in [0.05, 0.1) is 6.61 Å². The van der Waals surface area contributed by atoms with Crippen molar-refractivity contribution in [3.8, 4) is 0 Å². The maximum absolute atomic E-state index is 12.1. The van der Waals surface area contributed by atoms with E-state index in [1.165, 1.54) is 51.4 Å². The first kappa shape index (κ1) is 32.9. The Hall–Kier alpha value is -2.09. The average Bonchev–Trinajstić information content (AvgIpc) is 2.81. The second-order valence-electron chi connectivity index (χ2n) is 9.36. The van der Waals surface area contributed by atoms with E-state index in [2.05, 4.69) is 17.2 Å². The van der Waals surface area contributed by atoms with E-state index in [0.717, 1.165) is 44.2 Å². The number of hydrogen-bond donors (Lipinski definition) is 4. The van der Waals surface area contributed by atoms with E-state index in [1.54, 1.807) is 7.11 Å². The quantitative estimate of drug-likeness (QED) is 0.117. The van der Waals surface area contributed by atoms with Crippen LogP contribution >= 0.6 is 0 Å². The highest BCUT2D eigenvalue weighted by molar-refractivity contribution is 5.83. The molecule has 0 fully saturated rings.